The standard InChI is InChI=1S/C52H86O6/c1-4-7-10-13-16-19-22-25-26-27-28-31-33-36-39-42-45-51(54)57-48-49(58-52(55)46-43-40-37-34-30-24-21-18-15-12-9-6-3)47-56-50(53)44-41-38-35-32-29-23-20-17-14-11-8-5-2/h7,9-10,12,16,18-19,21,25-26,28,30-31,34,49H,4-6,8,11,13-15,17,20,22-24,27,29,32-33,35-48H2,1-3H3/b10-7-,12-9-,19-16-,21-18-,26-25-,31-28-,34-30-. The van der Waals surface area contributed by atoms with Gasteiger partial charge in [-0.05, 0) is 89.9 Å². The maximum atomic E-state index is 12.7. The molecule has 0 aromatic heterocycles. The Kier molecular flexibility index (Phi) is 43.6. The molecule has 6 nitrogen and oxygen atoms in total. The predicted molar refractivity (Wildman–Crippen MR) is 247 cm³/mol. The smallest absolute Gasteiger partial charge is 0.306 e. The first kappa shape index (κ1) is 54.6. The van der Waals surface area contributed by atoms with E-state index in [1.807, 2.05) is 0 Å². The fourth-order valence-electron chi connectivity index (χ4n) is 6.15. The minimum Gasteiger partial charge on any atom is -0.462 e. The number of carbonyl (C=O) groups is 3. The minimum absolute atomic E-state index is 0.102. The van der Waals surface area contributed by atoms with E-state index in [2.05, 4.69) is 106 Å². The second kappa shape index (κ2) is 46.3. The molecule has 0 aliphatic heterocycles. The Balaban J connectivity index is 4.48. The van der Waals surface area contributed by atoms with Crippen LogP contribution in [0.1, 0.15) is 207 Å². The molecule has 0 spiro atoms. The summed E-state index contributed by atoms with van der Waals surface area (Å²) >= 11 is 0. The Hall–Kier alpha value is -3.41. The number of carbonyl (C=O) groups excluding carboxylic acids is 3. The van der Waals surface area contributed by atoms with Gasteiger partial charge in [-0.25, -0.2) is 0 Å². The third kappa shape index (κ3) is 43.7. The van der Waals surface area contributed by atoms with Crippen molar-refractivity contribution in [1.29, 1.82) is 0 Å². The van der Waals surface area contributed by atoms with Crippen molar-refractivity contribution in [2.24, 2.45) is 0 Å². The summed E-state index contributed by atoms with van der Waals surface area (Å²) in [4.78, 5) is 37.8. The lowest BCUT2D eigenvalue weighted by molar-refractivity contribution is -0.167. The lowest BCUT2D eigenvalue weighted by Gasteiger charge is -2.18. The Morgan fingerprint density at radius 3 is 1.09 bits per heavy atom. The summed E-state index contributed by atoms with van der Waals surface area (Å²) in [5.74, 6) is -0.980. The van der Waals surface area contributed by atoms with Gasteiger partial charge < -0.3 is 14.2 Å². The van der Waals surface area contributed by atoms with Gasteiger partial charge in [0.2, 0.25) is 0 Å². The van der Waals surface area contributed by atoms with Crippen LogP contribution in [0.25, 0.3) is 0 Å². The summed E-state index contributed by atoms with van der Waals surface area (Å²) in [5, 5.41) is 0. The first-order chi connectivity index (χ1) is 28.5. The number of unbranched alkanes of at least 4 members (excludes halogenated alkanes) is 16. The van der Waals surface area contributed by atoms with Crippen LogP contribution in [0.3, 0.4) is 0 Å². The molecule has 6 heteroatoms. The van der Waals surface area contributed by atoms with Crippen molar-refractivity contribution in [2.75, 3.05) is 13.2 Å². The van der Waals surface area contributed by atoms with Crippen molar-refractivity contribution in [2.45, 2.75) is 213 Å². The number of hydrogen-bond donors (Lipinski definition) is 0. The SMILES string of the molecule is CC/C=C\C/C=C\C/C=C\C/C=C\CCCCCC(=O)OCC(COC(=O)CCCCCCCCCCCCCC)OC(=O)CCCC/C=C\C/C=C\C/C=C\CC. The van der Waals surface area contributed by atoms with Crippen molar-refractivity contribution in [3.8, 4) is 0 Å². The molecule has 0 aromatic carbocycles. The molecule has 1 unspecified atom stereocenters. The van der Waals surface area contributed by atoms with Crippen molar-refractivity contribution in [1.82, 2.24) is 0 Å². The van der Waals surface area contributed by atoms with Crippen LogP contribution in [0, 0.1) is 0 Å². The fraction of sp³-hybridized carbons (Fsp3) is 0.673. The molecule has 0 aliphatic rings. The van der Waals surface area contributed by atoms with Crippen LogP contribution >= 0.6 is 0 Å². The lowest BCUT2D eigenvalue weighted by atomic mass is 10.0. The summed E-state index contributed by atoms with van der Waals surface area (Å²) in [5.41, 5.74) is 0. The second-order valence-corrected chi connectivity index (χ2v) is 15.3. The molecule has 0 rings (SSSR count). The van der Waals surface area contributed by atoms with Gasteiger partial charge in [0.15, 0.2) is 6.10 Å². The number of ether oxygens (including phenoxy) is 3. The molecule has 0 saturated heterocycles. The van der Waals surface area contributed by atoms with E-state index in [1.165, 1.54) is 57.8 Å². The Labute approximate surface area is 356 Å². The molecule has 0 aromatic rings. The van der Waals surface area contributed by atoms with Crippen molar-refractivity contribution < 1.29 is 28.6 Å². The zero-order chi connectivity index (χ0) is 42.3. The van der Waals surface area contributed by atoms with E-state index < -0.39 is 6.10 Å². The van der Waals surface area contributed by atoms with Crippen LogP contribution in [0.15, 0.2) is 85.1 Å². The van der Waals surface area contributed by atoms with Crippen LogP contribution in [-0.2, 0) is 28.6 Å². The summed E-state index contributed by atoms with van der Waals surface area (Å²) in [6.07, 6.45) is 58.5. The molecule has 1 atom stereocenters. The number of rotatable bonds is 41. The Morgan fingerprint density at radius 2 is 0.672 bits per heavy atom. The number of esters is 3. The molecule has 0 N–H and O–H groups in total. The normalized spacial score (nSPS) is 12.8. The molecule has 0 aliphatic carbocycles. The summed E-state index contributed by atoms with van der Waals surface area (Å²) in [7, 11) is 0. The van der Waals surface area contributed by atoms with Gasteiger partial charge in [-0.15, -0.1) is 0 Å². The maximum absolute atomic E-state index is 12.7. The maximum Gasteiger partial charge on any atom is 0.306 e. The quantitative estimate of drug-likeness (QED) is 0.0265. The van der Waals surface area contributed by atoms with Gasteiger partial charge >= 0.3 is 17.9 Å². The van der Waals surface area contributed by atoms with Crippen LogP contribution < -0.4 is 0 Å². The van der Waals surface area contributed by atoms with E-state index in [4.69, 9.17) is 14.2 Å². The zero-order valence-electron chi connectivity index (χ0n) is 37.5. The molecular formula is C52H86O6. The highest BCUT2D eigenvalue weighted by Crippen LogP contribution is 2.14. The van der Waals surface area contributed by atoms with Crippen LogP contribution in [-0.4, -0.2) is 37.2 Å². The lowest BCUT2D eigenvalue weighted by Crippen LogP contribution is -2.30. The van der Waals surface area contributed by atoms with Crippen LogP contribution in [0.5, 0.6) is 0 Å². The van der Waals surface area contributed by atoms with E-state index in [0.717, 1.165) is 103 Å². The molecule has 330 valence electrons. The minimum atomic E-state index is -0.806. The van der Waals surface area contributed by atoms with Gasteiger partial charge in [0, 0.05) is 19.3 Å². The van der Waals surface area contributed by atoms with E-state index in [1.54, 1.807) is 0 Å². The van der Waals surface area contributed by atoms with E-state index >= 15 is 0 Å². The molecule has 0 fully saturated rings. The largest absolute Gasteiger partial charge is 0.462 e. The van der Waals surface area contributed by atoms with Crippen molar-refractivity contribution in [3.05, 3.63) is 85.1 Å². The van der Waals surface area contributed by atoms with Gasteiger partial charge in [0.1, 0.15) is 13.2 Å². The third-order valence-corrected chi connectivity index (χ3v) is 9.65. The fourth-order valence-corrected chi connectivity index (χ4v) is 6.15. The highest BCUT2D eigenvalue weighted by molar-refractivity contribution is 5.71. The molecule has 0 saturated carbocycles. The van der Waals surface area contributed by atoms with E-state index in [-0.39, 0.29) is 37.5 Å². The molecule has 58 heavy (non-hydrogen) atoms. The number of hydrogen-bond acceptors (Lipinski definition) is 6. The van der Waals surface area contributed by atoms with Crippen LogP contribution in [0.2, 0.25) is 0 Å². The first-order valence-electron chi connectivity index (χ1n) is 23.6. The topological polar surface area (TPSA) is 78.9 Å². The average molecular weight is 807 g/mol. The third-order valence-electron chi connectivity index (χ3n) is 9.65. The zero-order valence-corrected chi connectivity index (χ0v) is 37.5. The Bertz CT molecular complexity index is 1160. The van der Waals surface area contributed by atoms with Gasteiger partial charge in [0.25, 0.3) is 0 Å². The highest BCUT2D eigenvalue weighted by Gasteiger charge is 2.19. The summed E-state index contributed by atoms with van der Waals surface area (Å²) < 4.78 is 16.7. The summed E-state index contributed by atoms with van der Waals surface area (Å²) in [6.45, 7) is 6.32. The molecular weight excluding hydrogens is 721 g/mol. The molecule has 0 amide bonds. The molecule has 0 heterocycles. The van der Waals surface area contributed by atoms with Crippen molar-refractivity contribution in [3.63, 3.8) is 0 Å². The van der Waals surface area contributed by atoms with Crippen molar-refractivity contribution >= 4 is 17.9 Å². The van der Waals surface area contributed by atoms with Gasteiger partial charge in [-0.3, -0.25) is 14.4 Å². The van der Waals surface area contributed by atoms with E-state index in [9.17, 15) is 14.4 Å². The van der Waals surface area contributed by atoms with Gasteiger partial charge in [-0.1, -0.05) is 183 Å². The average Bonchev–Trinajstić information content (AvgIpc) is 3.22. The van der Waals surface area contributed by atoms with Gasteiger partial charge in [0.05, 0.1) is 0 Å². The van der Waals surface area contributed by atoms with Crippen LogP contribution in [0.4, 0.5) is 0 Å². The van der Waals surface area contributed by atoms with Gasteiger partial charge in [-0.2, -0.15) is 0 Å². The predicted octanol–water partition coefficient (Wildman–Crippen LogP) is 15.3. The first-order valence-corrected chi connectivity index (χ1v) is 23.6. The Morgan fingerprint density at radius 1 is 0.362 bits per heavy atom. The molecule has 0 radical (unpaired) electrons. The van der Waals surface area contributed by atoms with E-state index in [0.29, 0.717) is 19.3 Å². The number of allylic oxidation sites excluding steroid dienone is 14. The highest BCUT2D eigenvalue weighted by atomic mass is 16.6. The monoisotopic (exact) mass is 807 g/mol. The molecule has 0 bridgehead atoms. The summed E-state index contributed by atoms with van der Waals surface area (Å²) in [6, 6.07) is 0. The second-order valence-electron chi connectivity index (χ2n) is 15.3.